The average molecular weight is 459 g/mol. The van der Waals surface area contributed by atoms with E-state index >= 15 is 0 Å². The molecule has 25 heavy (non-hydrogen) atoms. The first-order chi connectivity index (χ1) is 11.8. The Morgan fingerprint density at radius 2 is 1.76 bits per heavy atom. The van der Waals surface area contributed by atoms with E-state index in [1.807, 2.05) is 30.3 Å². The van der Waals surface area contributed by atoms with Gasteiger partial charge >= 0.3 is 0 Å². The van der Waals surface area contributed by atoms with Crippen molar-refractivity contribution in [3.05, 3.63) is 47.9 Å². The summed E-state index contributed by atoms with van der Waals surface area (Å²) in [7, 11) is 5.04. The minimum absolute atomic E-state index is 0. The minimum atomic E-state index is 0. The highest BCUT2D eigenvalue weighted by Gasteiger charge is 2.05. The van der Waals surface area contributed by atoms with Crippen LogP contribution in [0.25, 0.3) is 0 Å². The first-order valence-corrected chi connectivity index (χ1v) is 7.94. The van der Waals surface area contributed by atoms with Crippen molar-refractivity contribution in [3.8, 4) is 11.5 Å². The second kappa shape index (κ2) is 11.6. The Balaban J connectivity index is 0.00000312. The lowest BCUT2D eigenvalue weighted by Gasteiger charge is -2.12. The fourth-order valence-electron chi connectivity index (χ4n) is 2.34. The topological polar surface area (TPSA) is 68.0 Å². The summed E-state index contributed by atoms with van der Waals surface area (Å²) < 4.78 is 15.9. The van der Waals surface area contributed by atoms with Gasteiger partial charge in [0.15, 0.2) is 17.5 Å². The lowest BCUT2D eigenvalue weighted by Crippen LogP contribution is -2.39. The average Bonchev–Trinajstić information content (AvgIpc) is 3.13. The van der Waals surface area contributed by atoms with Gasteiger partial charge in [-0.05, 0) is 36.2 Å². The maximum Gasteiger partial charge on any atom is 0.191 e. The zero-order chi connectivity index (χ0) is 17.2. The van der Waals surface area contributed by atoms with Crippen LogP contribution in [0, 0.1) is 0 Å². The fraction of sp³-hybridized carbons (Fsp3) is 0.389. The molecule has 7 heteroatoms. The van der Waals surface area contributed by atoms with Crippen molar-refractivity contribution in [2.75, 3.05) is 34.4 Å². The Kier molecular flexibility index (Phi) is 9.83. The molecule has 0 aliphatic carbocycles. The largest absolute Gasteiger partial charge is 0.493 e. The standard InChI is InChI=1S/C18H25N3O3.HI/c1-19-18(21-11-9-15-5-4-12-24-15)20-10-8-14-6-7-16(22-2)17(13-14)23-3;/h4-7,12-13H,8-11H2,1-3H3,(H2,19,20,21);1H. The summed E-state index contributed by atoms with van der Waals surface area (Å²) in [6, 6.07) is 9.81. The Labute approximate surface area is 166 Å². The van der Waals surface area contributed by atoms with E-state index in [0.717, 1.165) is 49.1 Å². The molecule has 0 amide bonds. The number of nitrogens with one attached hydrogen (secondary N) is 2. The number of rotatable bonds is 8. The number of nitrogens with zero attached hydrogens (tertiary/aromatic N) is 1. The van der Waals surface area contributed by atoms with E-state index in [-0.39, 0.29) is 24.0 Å². The maximum absolute atomic E-state index is 5.32. The molecule has 0 fully saturated rings. The second-order valence-corrected chi connectivity index (χ2v) is 5.19. The molecule has 0 atom stereocenters. The van der Waals surface area contributed by atoms with E-state index in [1.165, 1.54) is 5.56 Å². The predicted octanol–water partition coefficient (Wildman–Crippen LogP) is 2.87. The Hall–Kier alpha value is -1.90. The molecule has 0 aliphatic rings. The summed E-state index contributed by atoms with van der Waals surface area (Å²) in [6.45, 7) is 1.54. The molecule has 2 N–H and O–H groups in total. The van der Waals surface area contributed by atoms with Gasteiger partial charge in [0.1, 0.15) is 5.76 Å². The summed E-state index contributed by atoms with van der Waals surface area (Å²) in [6.07, 6.45) is 3.37. The number of halogens is 1. The van der Waals surface area contributed by atoms with Crippen LogP contribution >= 0.6 is 24.0 Å². The van der Waals surface area contributed by atoms with Crippen LogP contribution in [-0.2, 0) is 12.8 Å². The van der Waals surface area contributed by atoms with Crippen molar-refractivity contribution in [1.29, 1.82) is 0 Å². The predicted molar refractivity (Wildman–Crippen MR) is 110 cm³/mol. The Morgan fingerprint density at radius 3 is 2.36 bits per heavy atom. The highest BCUT2D eigenvalue weighted by atomic mass is 127. The van der Waals surface area contributed by atoms with Gasteiger partial charge in [0, 0.05) is 26.6 Å². The summed E-state index contributed by atoms with van der Waals surface area (Å²) in [5.74, 6) is 3.23. The summed E-state index contributed by atoms with van der Waals surface area (Å²) >= 11 is 0. The van der Waals surface area contributed by atoms with E-state index in [4.69, 9.17) is 13.9 Å². The number of furan rings is 1. The highest BCUT2D eigenvalue weighted by molar-refractivity contribution is 14.0. The summed E-state index contributed by atoms with van der Waals surface area (Å²) in [4.78, 5) is 4.22. The first-order valence-electron chi connectivity index (χ1n) is 7.94. The molecule has 0 saturated heterocycles. The van der Waals surface area contributed by atoms with Gasteiger partial charge in [0.2, 0.25) is 0 Å². The van der Waals surface area contributed by atoms with E-state index in [9.17, 15) is 0 Å². The highest BCUT2D eigenvalue weighted by Crippen LogP contribution is 2.27. The SMILES string of the molecule is CN=C(NCCc1ccc(OC)c(OC)c1)NCCc1ccco1.I. The van der Waals surface area contributed by atoms with E-state index in [0.29, 0.717) is 0 Å². The number of aliphatic imine (C=N–C) groups is 1. The molecule has 1 heterocycles. The van der Waals surface area contributed by atoms with Gasteiger partial charge in [-0.1, -0.05) is 6.07 Å². The van der Waals surface area contributed by atoms with Gasteiger partial charge in [-0.25, -0.2) is 0 Å². The molecule has 138 valence electrons. The van der Waals surface area contributed by atoms with Gasteiger partial charge in [-0.2, -0.15) is 0 Å². The molecular formula is C18H26IN3O3. The molecule has 0 saturated carbocycles. The molecule has 6 nitrogen and oxygen atoms in total. The van der Waals surface area contributed by atoms with Gasteiger partial charge in [0.25, 0.3) is 0 Å². The second-order valence-electron chi connectivity index (χ2n) is 5.19. The molecule has 2 aromatic rings. The van der Waals surface area contributed by atoms with Crippen LogP contribution in [0.2, 0.25) is 0 Å². The van der Waals surface area contributed by atoms with Crippen LogP contribution in [-0.4, -0.2) is 40.3 Å². The minimum Gasteiger partial charge on any atom is -0.493 e. The van der Waals surface area contributed by atoms with Crippen LogP contribution in [0.4, 0.5) is 0 Å². The van der Waals surface area contributed by atoms with Gasteiger partial charge in [0.05, 0.1) is 20.5 Å². The first kappa shape index (κ1) is 21.1. The lowest BCUT2D eigenvalue weighted by atomic mass is 10.1. The van der Waals surface area contributed by atoms with Crippen molar-refractivity contribution >= 4 is 29.9 Å². The zero-order valence-electron chi connectivity index (χ0n) is 14.9. The quantitative estimate of drug-likeness (QED) is 0.361. The number of hydrogen-bond acceptors (Lipinski definition) is 4. The number of ether oxygens (including phenoxy) is 2. The summed E-state index contributed by atoms with van der Waals surface area (Å²) in [5, 5.41) is 6.57. The van der Waals surface area contributed by atoms with Crippen LogP contribution < -0.4 is 20.1 Å². The van der Waals surface area contributed by atoms with Crippen LogP contribution in [0.3, 0.4) is 0 Å². The molecule has 0 spiro atoms. The molecule has 0 aliphatic heterocycles. The van der Waals surface area contributed by atoms with Crippen LogP contribution in [0.1, 0.15) is 11.3 Å². The van der Waals surface area contributed by atoms with Gasteiger partial charge in [-0.15, -0.1) is 24.0 Å². The van der Waals surface area contributed by atoms with E-state index in [2.05, 4.69) is 15.6 Å². The van der Waals surface area contributed by atoms with Crippen LogP contribution in [0.5, 0.6) is 11.5 Å². The van der Waals surface area contributed by atoms with Gasteiger partial charge < -0.3 is 24.5 Å². The number of methoxy groups -OCH3 is 2. The zero-order valence-corrected chi connectivity index (χ0v) is 17.2. The number of guanidine groups is 1. The smallest absolute Gasteiger partial charge is 0.191 e. The molecule has 0 unspecified atom stereocenters. The molecule has 0 bridgehead atoms. The molecular weight excluding hydrogens is 433 g/mol. The van der Waals surface area contributed by atoms with E-state index < -0.39 is 0 Å². The van der Waals surface area contributed by atoms with Crippen molar-refractivity contribution in [3.63, 3.8) is 0 Å². The third kappa shape index (κ3) is 6.85. The summed E-state index contributed by atoms with van der Waals surface area (Å²) in [5.41, 5.74) is 1.17. The van der Waals surface area contributed by atoms with Crippen molar-refractivity contribution < 1.29 is 13.9 Å². The number of hydrogen-bond donors (Lipinski definition) is 2. The van der Waals surface area contributed by atoms with E-state index in [1.54, 1.807) is 27.5 Å². The Morgan fingerprint density at radius 1 is 1.04 bits per heavy atom. The lowest BCUT2D eigenvalue weighted by molar-refractivity contribution is 0.354. The molecule has 1 aromatic carbocycles. The number of benzene rings is 1. The van der Waals surface area contributed by atoms with Crippen molar-refractivity contribution in [2.24, 2.45) is 4.99 Å². The van der Waals surface area contributed by atoms with Crippen LogP contribution in [0.15, 0.2) is 46.0 Å². The maximum atomic E-state index is 5.32. The normalized spacial score (nSPS) is 10.8. The fourth-order valence-corrected chi connectivity index (χ4v) is 2.34. The van der Waals surface area contributed by atoms with Gasteiger partial charge in [-0.3, -0.25) is 4.99 Å². The monoisotopic (exact) mass is 459 g/mol. The Bertz CT molecular complexity index is 645. The third-order valence-electron chi connectivity index (χ3n) is 3.62. The molecule has 2 rings (SSSR count). The molecule has 0 radical (unpaired) electrons. The third-order valence-corrected chi connectivity index (χ3v) is 3.62. The van der Waals surface area contributed by atoms with Crippen molar-refractivity contribution in [1.82, 2.24) is 10.6 Å². The molecule has 1 aromatic heterocycles. The van der Waals surface area contributed by atoms with Crippen molar-refractivity contribution in [2.45, 2.75) is 12.8 Å².